The molecule has 0 aliphatic heterocycles. The van der Waals surface area contributed by atoms with Gasteiger partial charge in [-0.1, -0.05) is 6.07 Å². The molecule has 3 rings (SSSR count). The van der Waals surface area contributed by atoms with Gasteiger partial charge in [-0.3, -0.25) is 0 Å². The largest absolute Gasteiger partial charge is 0.418 e. The molecule has 0 atom stereocenters. The van der Waals surface area contributed by atoms with Gasteiger partial charge in [0.25, 0.3) is 0 Å². The Bertz CT molecular complexity index is 726. The smallest absolute Gasteiger partial charge is 0.357 e. The van der Waals surface area contributed by atoms with Gasteiger partial charge in [-0.15, -0.1) is 0 Å². The second-order valence-corrected chi connectivity index (χ2v) is 5.31. The third-order valence-electron chi connectivity index (χ3n) is 3.54. The minimum atomic E-state index is -4.66. The minimum absolute atomic E-state index is 0.127. The van der Waals surface area contributed by atoms with Gasteiger partial charge in [-0.2, -0.15) is 18.2 Å². The average Bonchev–Trinajstić information content (AvgIpc) is 3.32. The fourth-order valence-corrected chi connectivity index (χ4v) is 2.25. The molecule has 1 aliphatic carbocycles. The van der Waals surface area contributed by atoms with E-state index in [2.05, 4.69) is 20.6 Å². The molecule has 2 aromatic rings. The van der Waals surface area contributed by atoms with E-state index in [0.717, 1.165) is 36.7 Å². The van der Waals surface area contributed by atoms with E-state index in [-0.39, 0.29) is 17.7 Å². The molecule has 0 unspecified atom stereocenters. The summed E-state index contributed by atoms with van der Waals surface area (Å²) < 4.78 is 53.0. The third-order valence-corrected chi connectivity index (χ3v) is 3.54. The van der Waals surface area contributed by atoms with Crippen molar-refractivity contribution in [3.8, 4) is 0 Å². The molecular weight excluding hydrogens is 312 g/mol. The van der Waals surface area contributed by atoms with Crippen molar-refractivity contribution in [2.45, 2.75) is 24.9 Å². The molecule has 4 nitrogen and oxygen atoms in total. The van der Waals surface area contributed by atoms with Crippen molar-refractivity contribution in [1.82, 2.24) is 9.97 Å². The highest BCUT2D eigenvalue weighted by Crippen LogP contribution is 2.41. The van der Waals surface area contributed by atoms with Crippen molar-refractivity contribution >= 4 is 17.5 Å². The van der Waals surface area contributed by atoms with Crippen molar-refractivity contribution in [2.24, 2.45) is 0 Å². The second-order valence-electron chi connectivity index (χ2n) is 5.31. The predicted octanol–water partition coefficient (Wildman–Crippen LogP) is 4.30. The summed E-state index contributed by atoms with van der Waals surface area (Å²) in [7, 11) is 1.61. The number of rotatable bonds is 4. The maximum absolute atomic E-state index is 13.9. The molecule has 0 radical (unpaired) electrons. The molecule has 0 spiro atoms. The first-order valence-electron chi connectivity index (χ1n) is 7.08. The molecule has 122 valence electrons. The monoisotopic (exact) mass is 326 g/mol. The van der Waals surface area contributed by atoms with E-state index < -0.39 is 23.2 Å². The van der Waals surface area contributed by atoms with Gasteiger partial charge < -0.3 is 10.6 Å². The van der Waals surface area contributed by atoms with Gasteiger partial charge in [0.05, 0.1) is 16.9 Å². The van der Waals surface area contributed by atoms with E-state index in [1.54, 1.807) is 13.1 Å². The molecule has 1 fully saturated rings. The van der Waals surface area contributed by atoms with E-state index in [1.165, 1.54) is 0 Å². The summed E-state index contributed by atoms with van der Waals surface area (Å²) in [6.45, 7) is 0. The van der Waals surface area contributed by atoms with E-state index in [4.69, 9.17) is 0 Å². The summed E-state index contributed by atoms with van der Waals surface area (Å²) in [5, 5.41) is 5.22. The first-order valence-corrected chi connectivity index (χ1v) is 7.08. The SMILES string of the molecule is CNc1nc(Nc2c(F)cccc2C(F)(F)F)cc(C2CC2)n1. The number of aromatic nitrogens is 2. The minimum Gasteiger partial charge on any atom is -0.357 e. The Morgan fingerprint density at radius 1 is 1.17 bits per heavy atom. The first-order chi connectivity index (χ1) is 10.9. The van der Waals surface area contributed by atoms with Gasteiger partial charge in [0.15, 0.2) is 0 Å². The number of para-hydroxylation sites is 1. The summed E-state index contributed by atoms with van der Waals surface area (Å²) in [4.78, 5) is 8.33. The summed E-state index contributed by atoms with van der Waals surface area (Å²) in [5.41, 5.74) is -0.977. The predicted molar refractivity (Wildman–Crippen MR) is 78.2 cm³/mol. The zero-order valence-corrected chi connectivity index (χ0v) is 12.2. The van der Waals surface area contributed by atoms with Gasteiger partial charge in [-0.25, -0.2) is 9.37 Å². The van der Waals surface area contributed by atoms with Crippen LogP contribution in [-0.4, -0.2) is 17.0 Å². The zero-order valence-electron chi connectivity index (χ0n) is 12.2. The molecule has 1 aromatic heterocycles. The van der Waals surface area contributed by atoms with Crippen LogP contribution in [0.2, 0.25) is 0 Å². The number of alkyl halides is 3. The van der Waals surface area contributed by atoms with E-state index >= 15 is 0 Å². The number of benzene rings is 1. The molecule has 2 N–H and O–H groups in total. The number of nitrogens with one attached hydrogen (secondary N) is 2. The fraction of sp³-hybridized carbons (Fsp3) is 0.333. The molecule has 1 saturated carbocycles. The van der Waals surface area contributed by atoms with Crippen LogP contribution >= 0.6 is 0 Å². The van der Waals surface area contributed by atoms with Crippen LogP contribution < -0.4 is 10.6 Å². The molecule has 0 saturated heterocycles. The molecular formula is C15H14F4N4. The molecule has 1 aliphatic rings. The maximum atomic E-state index is 13.9. The Labute approximate surface area is 130 Å². The van der Waals surface area contributed by atoms with Gasteiger partial charge >= 0.3 is 6.18 Å². The first kappa shape index (κ1) is 15.5. The Kier molecular flexibility index (Phi) is 3.83. The van der Waals surface area contributed by atoms with Crippen LogP contribution in [-0.2, 0) is 6.18 Å². The average molecular weight is 326 g/mol. The topological polar surface area (TPSA) is 49.8 Å². The number of anilines is 3. The number of nitrogens with zero attached hydrogens (tertiary/aromatic N) is 2. The summed E-state index contributed by atoms with van der Waals surface area (Å²) in [6.07, 6.45) is -2.71. The van der Waals surface area contributed by atoms with Crippen molar-refractivity contribution in [3.63, 3.8) is 0 Å². The number of halogens is 4. The lowest BCUT2D eigenvalue weighted by atomic mass is 10.1. The Morgan fingerprint density at radius 2 is 1.91 bits per heavy atom. The van der Waals surface area contributed by atoms with Crippen LogP contribution in [0.15, 0.2) is 24.3 Å². The van der Waals surface area contributed by atoms with Crippen molar-refractivity contribution in [3.05, 3.63) is 41.3 Å². The van der Waals surface area contributed by atoms with Crippen molar-refractivity contribution in [2.75, 3.05) is 17.7 Å². The van der Waals surface area contributed by atoms with E-state index in [1.807, 2.05) is 0 Å². The highest BCUT2D eigenvalue weighted by molar-refractivity contribution is 5.63. The van der Waals surface area contributed by atoms with Crippen LogP contribution in [0.4, 0.5) is 35.0 Å². The molecule has 0 bridgehead atoms. The highest BCUT2D eigenvalue weighted by Gasteiger charge is 2.35. The Morgan fingerprint density at radius 3 is 2.52 bits per heavy atom. The molecule has 8 heteroatoms. The lowest BCUT2D eigenvalue weighted by molar-refractivity contribution is -0.137. The van der Waals surface area contributed by atoms with E-state index in [9.17, 15) is 17.6 Å². The highest BCUT2D eigenvalue weighted by atomic mass is 19.4. The normalized spacial score (nSPS) is 14.7. The van der Waals surface area contributed by atoms with E-state index in [0.29, 0.717) is 0 Å². The fourth-order valence-electron chi connectivity index (χ4n) is 2.25. The zero-order chi connectivity index (χ0) is 16.6. The molecule has 1 aromatic carbocycles. The van der Waals surface area contributed by atoms with Crippen LogP contribution in [0.1, 0.15) is 30.0 Å². The van der Waals surface area contributed by atoms with Crippen LogP contribution in [0.5, 0.6) is 0 Å². The maximum Gasteiger partial charge on any atom is 0.418 e. The van der Waals surface area contributed by atoms with Crippen molar-refractivity contribution < 1.29 is 17.6 Å². The second kappa shape index (κ2) is 5.68. The van der Waals surface area contributed by atoms with Gasteiger partial charge in [0, 0.05) is 19.0 Å². The van der Waals surface area contributed by atoms with Crippen LogP contribution in [0, 0.1) is 5.82 Å². The van der Waals surface area contributed by atoms with Gasteiger partial charge in [0.1, 0.15) is 11.6 Å². The number of hydrogen-bond acceptors (Lipinski definition) is 4. The summed E-state index contributed by atoms with van der Waals surface area (Å²) in [5.74, 6) is -0.297. The van der Waals surface area contributed by atoms with Gasteiger partial charge in [0.2, 0.25) is 5.95 Å². The summed E-state index contributed by atoms with van der Waals surface area (Å²) >= 11 is 0. The Balaban J connectivity index is 2.01. The standard InChI is InChI=1S/C15H14F4N4/c1-20-14-21-11(8-5-6-8)7-12(23-14)22-13-9(15(17,18)19)3-2-4-10(13)16/h2-4,7-8H,5-6H2,1H3,(H2,20,21,22,23). The number of hydrogen-bond donors (Lipinski definition) is 2. The van der Waals surface area contributed by atoms with Gasteiger partial charge in [-0.05, 0) is 25.0 Å². The quantitative estimate of drug-likeness (QED) is 0.823. The molecule has 23 heavy (non-hydrogen) atoms. The molecule has 0 amide bonds. The van der Waals surface area contributed by atoms with Crippen LogP contribution in [0.25, 0.3) is 0 Å². The van der Waals surface area contributed by atoms with Crippen molar-refractivity contribution in [1.29, 1.82) is 0 Å². The molecule has 1 heterocycles. The Hall–Kier alpha value is -2.38. The third kappa shape index (κ3) is 3.35. The van der Waals surface area contributed by atoms with Crippen LogP contribution in [0.3, 0.4) is 0 Å². The lowest BCUT2D eigenvalue weighted by Crippen LogP contribution is -2.11. The lowest BCUT2D eigenvalue weighted by Gasteiger charge is -2.15. The summed E-state index contributed by atoms with van der Waals surface area (Å²) in [6, 6.07) is 4.38.